The average Bonchev–Trinajstić information content (AvgIpc) is 2.33. The van der Waals surface area contributed by atoms with Gasteiger partial charge < -0.3 is 10.7 Å². The Kier molecular flexibility index (Phi) is 3.28. The summed E-state index contributed by atoms with van der Waals surface area (Å²) in [6.45, 7) is 1.23. The maximum atomic E-state index is 13.8. The van der Waals surface area contributed by atoms with Gasteiger partial charge in [-0.1, -0.05) is 11.6 Å². The zero-order valence-electron chi connectivity index (χ0n) is 9.65. The molecule has 0 aliphatic heterocycles. The number of nitrogens with one attached hydrogen (secondary N) is 1. The first kappa shape index (κ1) is 13.5. The molecule has 0 atom stereocenters. The fourth-order valence-electron chi connectivity index (χ4n) is 1.66. The van der Waals surface area contributed by atoms with E-state index in [0.29, 0.717) is 0 Å². The number of hydrogen-bond acceptors (Lipinski definition) is 2. The van der Waals surface area contributed by atoms with Crippen molar-refractivity contribution in [2.24, 2.45) is 0 Å². The molecule has 3 N–H and O–H groups in total. The summed E-state index contributed by atoms with van der Waals surface area (Å²) >= 11 is 5.54. The normalized spacial score (nSPS) is 10.8. The number of aromatic nitrogens is 1. The van der Waals surface area contributed by atoms with Crippen molar-refractivity contribution in [3.63, 3.8) is 0 Å². The van der Waals surface area contributed by atoms with Crippen molar-refractivity contribution in [2.45, 2.75) is 6.92 Å². The molecule has 1 aromatic carbocycles. The molecule has 1 aromatic heterocycles. The Morgan fingerprint density at radius 1 is 1.21 bits per heavy atom. The second-order valence-electron chi connectivity index (χ2n) is 3.96. The number of aromatic amines is 1. The number of halogens is 4. The summed E-state index contributed by atoms with van der Waals surface area (Å²) in [5, 5.41) is -0.294. The van der Waals surface area contributed by atoms with Crippen molar-refractivity contribution in [3.8, 4) is 11.3 Å². The highest BCUT2D eigenvalue weighted by atomic mass is 35.5. The van der Waals surface area contributed by atoms with Crippen LogP contribution in [0.1, 0.15) is 5.56 Å². The highest BCUT2D eigenvalue weighted by Crippen LogP contribution is 2.29. The van der Waals surface area contributed by atoms with E-state index in [4.69, 9.17) is 17.3 Å². The summed E-state index contributed by atoms with van der Waals surface area (Å²) in [4.78, 5) is 13.5. The van der Waals surface area contributed by atoms with Gasteiger partial charge in [-0.05, 0) is 24.6 Å². The molecule has 1 heterocycles. The highest BCUT2D eigenvalue weighted by molar-refractivity contribution is 6.32. The Morgan fingerprint density at radius 2 is 1.84 bits per heavy atom. The molecule has 100 valence electrons. The smallest absolute Gasteiger partial charge is 0.269 e. The number of nitrogens with two attached hydrogens (primary N) is 1. The first-order valence-corrected chi connectivity index (χ1v) is 5.53. The Bertz CT molecular complexity index is 728. The predicted molar refractivity (Wildman–Crippen MR) is 66.5 cm³/mol. The van der Waals surface area contributed by atoms with Crippen LogP contribution in [0.3, 0.4) is 0 Å². The number of anilines is 1. The van der Waals surface area contributed by atoms with Crippen LogP contribution in [0.25, 0.3) is 11.3 Å². The van der Waals surface area contributed by atoms with Gasteiger partial charge in [-0.2, -0.15) is 0 Å². The Hall–Kier alpha value is -1.95. The van der Waals surface area contributed by atoms with Gasteiger partial charge >= 0.3 is 0 Å². The fraction of sp³-hybridized carbons (Fsp3) is 0.0833. The van der Waals surface area contributed by atoms with E-state index in [1.807, 2.05) is 0 Å². The molecule has 0 unspecified atom stereocenters. The molecule has 2 rings (SSSR count). The third-order valence-electron chi connectivity index (χ3n) is 2.61. The van der Waals surface area contributed by atoms with Crippen LogP contribution in [0, 0.1) is 24.4 Å². The number of rotatable bonds is 1. The summed E-state index contributed by atoms with van der Waals surface area (Å²) in [6.07, 6.45) is 0. The van der Waals surface area contributed by atoms with Crippen LogP contribution in [0.15, 0.2) is 16.9 Å². The van der Waals surface area contributed by atoms with Crippen molar-refractivity contribution in [3.05, 3.63) is 50.5 Å². The molecule has 0 aliphatic rings. The van der Waals surface area contributed by atoms with Gasteiger partial charge in [0.25, 0.3) is 5.56 Å². The standard InChI is InChI=1S/C12H8ClF3N2O/c1-4-2-5(14)8(11(16)10(4)15)7-3-6(17)9(13)12(19)18-7/h2-3H,1H3,(H3,17,18,19). The van der Waals surface area contributed by atoms with Crippen LogP contribution >= 0.6 is 11.6 Å². The molecule has 7 heteroatoms. The fourth-order valence-corrected chi connectivity index (χ4v) is 1.76. The maximum Gasteiger partial charge on any atom is 0.269 e. The lowest BCUT2D eigenvalue weighted by Gasteiger charge is -2.09. The molecule has 0 aliphatic carbocycles. The van der Waals surface area contributed by atoms with Crippen molar-refractivity contribution >= 4 is 17.3 Å². The molecule has 0 amide bonds. The van der Waals surface area contributed by atoms with Gasteiger partial charge in [0.15, 0.2) is 11.6 Å². The number of pyridine rings is 1. The van der Waals surface area contributed by atoms with E-state index >= 15 is 0 Å². The topological polar surface area (TPSA) is 58.9 Å². The molecule has 0 fully saturated rings. The Balaban J connectivity index is 2.80. The van der Waals surface area contributed by atoms with Gasteiger partial charge in [0, 0.05) is 0 Å². The van der Waals surface area contributed by atoms with E-state index in [0.717, 1.165) is 12.1 Å². The maximum absolute atomic E-state index is 13.8. The molecule has 0 saturated heterocycles. The van der Waals surface area contributed by atoms with Gasteiger partial charge in [-0.25, -0.2) is 13.2 Å². The van der Waals surface area contributed by atoms with Crippen LogP contribution < -0.4 is 11.3 Å². The number of aryl methyl sites for hydroxylation is 1. The van der Waals surface area contributed by atoms with E-state index in [-0.39, 0.29) is 22.0 Å². The first-order chi connectivity index (χ1) is 8.82. The largest absolute Gasteiger partial charge is 0.397 e. The molecule has 0 saturated carbocycles. The van der Waals surface area contributed by atoms with Gasteiger partial charge in [0.1, 0.15) is 10.8 Å². The number of nitrogen functional groups attached to an aromatic ring is 1. The van der Waals surface area contributed by atoms with Crippen LogP contribution in [0.4, 0.5) is 18.9 Å². The molecule has 19 heavy (non-hydrogen) atoms. The van der Waals surface area contributed by atoms with Crippen molar-refractivity contribution in [2.75, 3.05) is 5.73 Å². The average molecular weight is 289 g/mol. The number of hydrogen-bond donors (Lipinski definition) is 2. The van der Waals surface area contributed by atoms with E-state index in [1.165, 1.54) is 6.92 Å². The van der Waals surface area contributed by atoms with Gasteiger partial charge in [-0.3, -0.25) is 4.79 Å². The van der Waals surface area contributed by atoms with Crippen LogP contribution in [-0.4, -0.2) is 4.98 Å². The van der Waals surface area contributed by atoms with Crippen molar-refractivity contribution < 1.29 is 13.2 Å². The van der Waals surface area contributed by atoms with Crippen LogP contribution in [0.5, 0.6) is 0 Å². The van der Waals surface area contributed by atoms with E-state index in [9.17, 15) is 18.0 Å². The minimum Gasteiger partial charge on any atom is -0.397 e. The summed E-state index contributed by atoms with van der Waals surface area (Å²) in [5.41, 5.74) is 3.33. The summed E-state index contributed by atoms with van der Waals surface area (Å²) in [6, 6.07) is 1.90. The third kappa shape index (κ3) is 2.19. The van der Waals surface area contributed by atoms with E-state index in [1.54, 1.807) is 0 Å². The van der Waals surface area contributed by atoms with Crippen molar-refractivity contribution in [1.82, 2.24) is 4.98 Å². The quantitative estimate of drug-likeness (QED) is 0.793. The molecule has 0 spiro atoms. The van der Waals surface area contributed by atoms with E-state index < -0.39 is 28.6 Å². The Labute approximate surface area is 110 Å². The molecule has 0 radical (unpaired) electrons. The molecule has 0 bridgehead atoms. The van der Waals surface area contributed by atoms with Crippen LogP contribution in [-0.2, 0) is 0 Å². The SMILES string of the molecule is Cc1cc(F)c(-c2cc(N)c(Cl)c(=O)[nH]2)c(F)c1F. The summed E-state index contributed by atoms with van der Waals surface area (Å²) in [7, 11) is 0. The molecular weight excluding hydrogens is 281 g/mol. The van der Waals surface area contributed by atoms with Gasteiger partial charge in [-0.15, -0.1) is 0 Å². The number of H-pyrrole nitrogens is 1. The Morgan fingerprint density at radius 3 is 2.42 bits per heavy atom. The highest BCUT2D eigenvalue weighted by Gasteiger charge is 2.20. The van der Waals surface area contributed by atoms with E-state index in [2.05, 4.69) is 4.98 Å². The van der Waals surface area contributed by atoms with Crippen LogP contribution in [0.2, 0.25) is 5.02 Å². The second-order valence-corrected chi connectivity index (χ2v) is 4.34. The van der Waals surface area contributed by atoms with Gasteiger partial charge in [0.2, 0.25) is 0 Å². The predicted octanol–water partition coefficient (Wildman–Crippen LogP) is 3.00. The lowest BCUT2D eigenvalue weighted by Crippen LogP contribution is -2.11. The molecule has 3 nitrogen and oxygen atoms in total. The molecular formula is C12H8ClF3N2O. The number of benzene rings is 1. The summed E-state index contributed by atoms with van der Waals surface area (Å²) in [5.74, 6) is -3.59. The van der Waals surface area contributed by atoms with Gasteiger partial charge in [0.05, 0.1) is 16.9 Å². The first-order valence-electron chi connectivity index (χ1n) is 5.15. The minimum absolute atomic E-state index is 0.153. The lowest BCUT2D eigenvalue weighted by atomic mass is 10.1. The minimum atomic E-state index is -1.39. The zero-order chi connectivity index (χ0) is 14.3. The molecule has 2 aromatic rings. The third-order valence-corrected chi connectivity index (χ3v) is 3.00. The second kappa shape index (κ2) is 4.62. The summed E-state index contributed by atoms with van der Waals surface area (Å²) < 4.78 is 40.9. The zero-order valence-corrected chi connectivity index (χ0v) is 10.4. The monoisotopic (exact) mass is 288 g/mol. The lowest BCUT2D eigenvalue weighted by molar-refractivity contribution is 0.492. The van der Waals surface area contributed by atoms with Crippen molar-refractivity contribution in [1.29, 1.82) is 0 Å².